The molecular weight excluding hydrogens is 292 g/mol. The summed E-state index contributed by atoms with van der Waals surface area (Å²) in [6.45, 7) is 3.69. The summed E-state index contributed by atoms with van der Waals surface area (Å²) in [5.74, 6) is -0.117. The summed E-state index contributed by atoms with van der Waals surface area (Å²) in [6, 6.07) is 14.4. The summed E-state index contributed by atoms with van der Waals surface area (Å²) in [7, 11) is 0. The quantitative estimate of drug-likeness (QED) is 0.758. The van der Waals surface area contributed by atoms with E-state index in [1.54, 1.807) is 11.8 Å². The molecule has 4 heteroatoms. The van der Waals surface area contributed by atoms with Gasteiger partial charge in [0.05, 0.1) is 11.4 Å². The van der Waals surface area contributed by atoms with Crippen LogP contribution >= 0.6 is 11.8 Å². The normalized spacial score (nSPS) is 10.5. The monoisotopic (exact) mass is 314 g/mol. The second-order valence-corrected chi connectivity index (χ2v) is 6.43. The van der Waals surface area contributed by atoms with Crippen LogP contribution in [0.3, 0.4) is 0 Å². The van der Waals surface area contributed by atoms with Crippen molar-refractivity contribution in [2.24, 2.45) is 0 Å². The van der Waals surface area contributed by atoms with Crippen LogP contribution in [0.25, 0.3) is 0 Å². The number of amides is 1. The van der Waals surface area contributed by atoms with Crippen molar-refractivity contribution in [2.75, 3.05) is 11.1 Å². The van der Waals surface area contributed by atoms with Crippen LogP contribution in [0.15, 0.2) is 52.3 Å². The van der Waals surface area contributed by atoms with Crippen molar-refractivity contribution in [3.63, 3.8) is 0 Å². The van der Waals surface area contributed by atoms with Crippen molar-refractivity contribution in [1.82, 2.24) is 0 Å². The van der Waals surface area contributed by atoms with Crippen LogP contribution in [0, 0.1) is 0 Å². The molecule has 0 bridgehead atoms. The SMILES string of the molecule is CCCCc1ccc(Sc2ccc(N)c(NC(C)=O)c2)cc1. The van der Waals surface area contributed by atoms with E-state index in [-0.39, 0.29) is 5.91 Å². The van der Waals surface area contributed by atoms with Gasteiger partial charge in [-0.1, -0.05) is 37.2 Å². The van der Waals surface area contributed by atoms with Gasteiger partial charge in [0.25, 0.3) is 0 Å². The fraction of sp³-hybridized carbons (Fsp3) is 0.278. The van der Waals surface area contributed by atoms with Crippen molar-refractivity contribution in [1.29, 1.82) is 0 Å². The third kappa shape index (κ3) is 4.81. The van der Waals surface area contributed by atoms with Crippen molar-refractivity contribution in [2.45, 2.75) is 42.9 Å². The molecule has 0 aliphatic heterocycles. The summed E-state index contributed by atoms with van der Waals surface area (Å²) >= 11 is 1.66. The van der Waals surface area contributed by atoms with Crippen LogP contribution < -0.4 is 11.1 Å². The third-order valence-electron chi connectivity index (χ3n) is 3.31. The number of nitrogens with one attached hydrogen (secondary N) is 1. The van der Waals surface area contributed by atoms with Gasteiger partial charge < -0.3 is 11.1 Å². The molecule has 0 aromatic heterocycles. The summed E-state index contributed by atoms with van der Waals surface area (Å²) in [4.78, 5) is 13.4. The Hall–Kier alpha value is -1.94. The molecule has 0 heterocycles. The number of anilines is 2. The number of carbonyl (C=O) groups is 1. The lowest BCUT2D eigenvalue weighted by molar-refractivity contribution is -0.114. The largest absolute Gasteiger partial charge is 0.397 e. The molecule has 3 N–H and O–H groups in total. The smallest absolute Gasteiger partial charge is 0.221 e. The highest BCUT2D eigenvalue weighted by molar-refractivity contribution is 7.99. The molecule has 0 radical (unpaired) electrons. The number of carbonyl (C=O) groups excluding carboxylic acids is 1. The van der Waals surface area contributed by atoms with Gasteiger partial charge in [-0.2, -0.15) is 0 Å². The van der Waals surface area contributed by atoms with Gasteiger partial charge in [-0.05, 0) is 48.7 Å². The Balaban J connectivity index is 2.08. The molecule has 1 amide bonds. The Bertz CT molecular complexity index is 638. The Morgan fingerprint density at radius 1 is 1.14 bits per heavy atom. The first-order valence-electron chi connectivity index (χ1n) is 7.52. The van der Waals surface area contributed by atoms with Gasteiger partial charge in [-0.25, -0.2) is 0 Å². The van der Waals surface area contributed by atoms with Gasteiger partial charge in [0.2, 0.25) is 5.91 Å². The van der Waals surface area contributed by atoms with Gasteiger partial charge in [0, 0.05) is 16.7 Å². The molecule has 116 valence electrons. The number of unbranched alkanes of at least 4 members (excludes halogenated alkanes) is 1. The summed E-state index contributed by atoms with van der Waals surface area (Å²) in [6.07, 6.45) is 3.58. The van der Waals surface area contributed by atoms with E-state index in [0.717, 1.165) is 11.3 Å². The van der Waals surface area contributed by atoms with Crippen LogP contribution in [0.2, 0.25) is 0 Å². The Kier molecular flexibility index (Phi) is 5.90. The third-order valence-corrected chi connectivity index (χ3v) is 4.31. The van der Waals surface area contributed by atoms with Crippen LogP contribution in [-0.4, -0.2) is 5.91 Å². The Morgan fingerprint density at radius 3 is 2.45 bits per heavy atom. The maximum absolute atomic E-state index is 11.2. The maximum atomic E-state index is 11.2. The van der Waals surface area contributed by atoms with Gasteiger partial charge >= 0.3 is 0 Å². The van der Waals surface area contributed by atoms with E-state index >= 15 is 0 Å². The molecule has 0 saturated carbocycles. The first-order valence-corrected chi connectivity index (χ1v) is 8.34. The molecule has 2 rings (SSSR count). The number of rotatable bonds is 6. The molecule has 0 fully saturated rings. The zero-order valence-electron chi connectivity index (χ0n) is 13.1. The lowest BCUT2D eigenvalue weighted by Gasteiger charge is -2.09. The highest BCUT2D eigenvalue weighted by Gasteiger charge is 2.04. The van der Waals surface area contributed by atoms with Crippen LogP contribution in [-0.2, 0) is 11.2 Å². The predicted octanol–water partition coefficient (Wildman–Crippen LogP) is 4.72. The van der Waals surface area contributed by atoms with E-state index in [0.29, 0.717) is 11.4 Å². The minimum atomic E-state index is -0.117. The first kappa shape index (κ1) is 16.4. The van der Waals surface area contributed by atoms with E-state index in [4.69, 9.17) is 5.73 Å². The minimum absolute atomic E-state index is 0.117. The average molecular weight is 314 g/mol. The molecule has 0 unspecified atom stereocenters. The highest BCUT2D eigenvalue weighted by atomic mass is 32.2. The molecule has 0 aliphatic carbocycles. The van der Waals surface area contributed by atoms with Crippen LogP contribution in [0.1, 0.15) is 32.3 Å². The standard InChI is InChI=1S/C18H22N2OS/c1-3-4-5-14-6-8-15(9-7-14)22-16-10-11-17(19)18(12-16)20-13(2)21/h6-12H,3-5,19H2,1-2H3,(H,20,21). The molecule has 3 nitrogen and oxygen atoms in total. The fourth-order valence-electron chi connectivity index (χ4n) is 2.14. The van der Waals surface area contributed by atoms with E-state index in [2.05, 4.69) is 36.5 Å². The lowest BCUT2D eigenvalue weighted by atomic mass is 10.1. The van der Waals surface area contributed by atoms with Gasteiger partial charge in [-0.15, -0.1) is 0 Å². The minimum Gasteiger partial charge on any atom is -0.397 e. The van der Waals surface area contributed by atoms with E-state index in [1.807, 2.05) is 18.2 Å². The predicted molar refractivity (Wildman–Crippen MR) is 94.3 cm³/mol. The van der Waals surface area contributed by atoms with Crippen molar-refractivity contribution < 1.29 is 4.79 Å². The second kappa shape index (κ2) is 7.90. The maximum Gasteiger partial charge on any atom is 0.221 e. The van der Waals surface area contributed by atoms with E-state index < -0.39 is 0 Å². The second-order valence-electron chi connectivity index (χ2n) is 5.28. The van der Waals surface area contributed by atoms with Crippen molar-refractivity contribution in [3.05, 3.63) is 48.0 Å². The molecule has 22 heavy (non-hydrogen) atoms. The van der Waals surface area contributed by atoms with Crippen molar-refractivity contribution >= 4 is 29.0 Å². The number of nitrogen functional groups attached to an aromatic ring is 1. The van der Waals surface area contributed by atoms with Gasteiger partial charge in [0.1, 0.15) is 0 Å². The number of benzene rings is 2. The van der Waals surface area contributed by atoms with E-state index in [1.165, 1.54) is 30.2 Å². The van der Waals surface area contributed by atoms with Gasteiger partial charge in [0.15, 0.2) is 0 Å². The highest BCUT2D eigenvalue weighted by Crippen LogP contribution is 2.32. The fourth-order valence-corrected chi connectivity index (χ4v) is 3.00. The molecule has 0 aliphatic rings. The molecule has 0 spiro atoms. The number of aryl methyl sites for hydroxylation is 1. The topological polar surface area (TPSA) is 55.1 Å². The summed E-state index contributed by atoms with van der Waals surface area (Å²) < 4.78 is 0. The molecule has 0 saturated heterocycles. The Labute approximate surface area is 136 Å². The lowest BCUT2D eigenvalue weighted by Crippen LogP contribution is -2.07. The van der Waals surface area contributed by atoms with Crippen LogP contribution in [0.4, 0.5) is 11.4 Å². The number of nitrogens with two attached hydrogens (primary N) is 1. The molecular formula is C18H22N2OS. The van der Waals surface area contributed by atoms with Gasteiger partial charge in [-0.3, -0.25) is 4.79 Å². The number of hydrogen-bond donors (Lipinski definition) is 2. The van der Waals surface area contributed by atoms with E-state index in [9.17, 15) is 4.79 Å². The summed E-state index contributed by atoms with van der Waals surface area (Å²) in [5.41, 5.74) is 8.49. The molecule has 0 atom stereocenters. The summed E-state index contributed by atoms with van der Waals surface area (Å²) in [5, 5.41) is 2.75. The zero-order chi connectivity index (χ0) is 15.9. The van der Waals surface area contributed by atoms with Crippen molar-refractivity contribution in [3.8, 4) is 0 Å². The first-order chi connectivity index (χ1) is 10.6. The zero-order valence-corrected chi connectivity index (χ0v) is 13.9. The van der Waals surface area contributed by atoms with Crippen LogP contribution in [0.5, 0.6) is 0 Å². The molecule has 2 aromatic carbocycles. The average Bonchev–Trinajstić information content (AvgIpc) is 2.49. The molecule has 2 aromatic rings. The number of hydrogen-bond acceptors (Lipinski definition) is 3. The Morgan fingerprint density at radius 2 is 1.82 bits per heavy atom.